The Kier molecular flexibility index (Phi) is 5.24. The first-order chi connectivity index (χ1) is 9.34. The highest BCUT2D eigenvalue weighted by Crippen LogP contribution is 2.32. The van der Waals surface area contributed by atoms with Gasteiger partial charge < -0.3 is 29.3 Å². The van der Waals surface area contributed by atoms with Crippen LogP contribution in [0.15, 0.2) is 12.1 Å². The standard InChI is InChI=1S/C14H18O6/c1-7(19-3)9-5-6-10(13(15)16)12(14(17)18)11(9)8(2)20-4/h5-8H,1-4H3,(H,15,16)(H,17,18)/p-2. The van der Waals surface area contributed by atoms with E-state index in [1.807, 2.05) is 0 Å². The van der Waals surface area contributed by atoms with Gasteiger partial charge in [-0.1, -0.05) is 12.1 Å². The zero-order valence-corrected chi connectivity index (χ0v) is 11.8. The maximum atomic E-state index is 11.3. The number of aromatic carboxylic acids is 2. The maximum absolute atomic E-state index is 11.3. The Balaban J connectivity index is 3.70. The van der Waals surface area contributed by atoms with Crippen molar-refractivity contribution < 1.29 is 29.3 Å². The van der Waals surface area contributed by atoms with Crippen molar-refractivity contribution in [3.8, 4) is 0 Å². The third-order valence-corrected chi connectivity index (χ3v) is 3.25. The molecule has 0 radical (unpaired) electrons. The van der Waals surface area contributed by atoms with Crippen LogP contribution in [0.4, 0.5) is 0 Å². The lowest BCUT2D eigenvalue weighted by molar-refractivity contribution is -0.259. The minimum absolute atomic E-state index is 0.226. The van der Waals surface area contributed by atoms with Crippen LogP contribution in [-0.2, 0) is 9.47 Å². The number of carbonyl (C=O) groups is 2. The Morgan fingerprint density at radius 1 is 1.00 bits per heavy atom. The molecule has 6 heteroatoms. The molecule has 0 aromatic heterocycles. The fraction of sp³-hybridized carbons (Fsp3) is 0.429. The molecule has 0 heterocycles. The third kappa shape index (κ3) is 2.97. The summed E-state index contributed by atoms with van der Waals surface area (Å²) in [5, 5.41) is 22.4. The molecule has 0 bridgehead atoms. The molecule has 1 rings (SSSR count). The Hall–Kier alpha value is -1.92. The van der Waals surface area contributed by atoms with E-state index in [1.54, 1.807) is 13.8 Å². The molecule has 0 fully saturated rings. The van der Waals surface area contributed by atoms with Gasteiger partial charge in [-0.2, -0.15) is 0 Å². The molecular formula is C14H16O6-2. The van der Waals surface area contributed by atoms with Crippen molar-refractivity contribution in [2.45, 2.75) is 26.1 Å². The summed E-state index contributed by atoms with van der Waals surface area (Å²) in [6.45, 7) is 3.34. The number of benzene rings is 1. The normalized spacial score (nSPS) is 13.8. The van der Waals surface area contributed by atoms with Gasteiger partial charge in [-0.25, -0.2) is 0 Å². The van der Waals surface area contributed by atoms with Gasteiger partial charge in [-0.05, 0) is 25.0 Å². The summed E-state index contributed by atoms with van der Waals surface area (Å²) in [4.78, 5) is 22.4. The summed E-state index contributed by atoms with van der Waals surface area (Å²) in [5.41, 5.74) is -0.105. The second-order valence-electron chi connectivity index (χ2n) is 4.32. The topological polar surface area (TPSA) is 98.7 Å². The maximum Gasteiger partial charge on any atom is 0.0803 e. The second kappa shape index (κ2) is 6.49. The minimum Gasteiger partial charge on any atom is -0.545 e. The molecule has 20 heavy (non-hydrogen) atoms. The number of carbonyl (C=O) groups excluding carboxylic acids is 2. The Labute approximate surface area is 116 Å². The first-order valence-corrected chi connectivity index (χ1v) is 6.00. The SMILES string of the molecule is COC(C)c1ccc(C(=O)[O-])c(C(=O)[O-])c1C(C)OC. The third-order valence-electron chi connectivity index (χ3n) is 3.25. The number of hydrogen-bond donors (Lipinski definition) is 0. The molecule has 2 atom stereocenters. The summed E-state index contributed by atoms with van der Waals surface area (Å²) < 4.78 is 10.3. The smallest absolute Gasteiger partial charge is 0.0803 e. The molecule has 1 aromatic carbocycles. The van der Waals surface area contributed by atoms with Crippen LogP contribution in [0.2, 0.25) is 0 Å². The Morgan fingerprint density at radius 2 is 1.55 bits per heavy atom. The molecule has 0 saturated heterocycles. The van der Waals surface area contributed by atoms with Crippen LogP contribution in [0.1, 0.15) is 57.9 Å². The number of hydrogen-bond acceptors (Lipinski definition) is 6. The summed E-state index contributed by atoms with van der Waals surface area (Å²) in [7, 11) is 2.87. The van der Waals surface area contributed by atoms with E-state index < -0.39 is 35.3 Å². The zero-order valence-electron chi connectivity index (χ0n) is 11.8. The molecule has 0 aliphatic heterocycles. The van der Waals surface area contributed by atoms with Crippen molar-refractivity contribution in [3.05, 3.63) is 34.4 Å². The van der Waals surface area contributed by atoms with Gasteiger partial charge in [0.2, 0.25) is 0 Å². The van der Waals surface area contributed by atoms with Crippen LogP contribution in [0.3, 0.4) is 0 Å². The number of ether oxygens (including phenoxy) is 2. The number of methoxy groups -OCH3 is 2. The summed E-state index contributed by atoms with van der Waals surface area (Å²) in [6.07, 6.45) is -1.05. The molecular weight excluding hydrogens is 264 g/mol. The van der Waals surface area contributed by atoms with Crippen molar-refractivity contribution in [2.75, 3.05) is 14.2 Å². The summed E-state index contributed by atoms with van der Waals surface area (Å²) in [5.74, 6) is -3.17. The average Bonchev–Trinajstić information content (AvgIpc) is 2.43. The van der Waals surface area contributed by atoms with Gasteiger partial charge in [-0.15, -0.1) is 0 Å². The minimum atomic E-state index is -1.59. The number of carboxylic acid groups (broad SMARTS) is 2. The van der Waals surface area contributed by atoms with Gasteiger partial charge in [-0.3, -0.25) is 0 Å². The van der Waals surface area contributed by atoms with Gasteiger partial charge in [0.05, 0.1) is 24.1 Å². The Morgan fingerprint density at radius 3 is 1.95 bits per heavy atom. The lowest BCUT2D eigenvalue weighted by atomic mass is 9.90. The molecule has 0 N–H and O–H groups in total. The van der Waals surface area contributed by atoms with Gasteiger partial charge in [0, 0.05) is 25.3 Å². The fourth-order valence-corrected chi connectivity index (χ4v) is 2.06. The van der Waals surface area contributed by atoms with Crippen molar-refractivity contribution in [3.63, 3.8) is 0 Å². The monoisotopic (exact) mass is 280 g/mol. The number of rotatable bonds is 6. The molecule has 0 aliphatic rings. The van der Waals surface area contributed by atoms with Crippen LogP contribution >= 0.6 is 0 Å². The highest BCUT2D eigenvalue weighted by Gasteiger charge is 2.22. The number of carboxylic acids is 2. The van der Waals surface area contributed by atoms with Crippen molar-refractivity contribution in [1.82, 2.24) is 0 Å². The van der Waals surface area contributed by atoms with Gasteiger partial charge >= 0.3 is 0 Å². The molecule has 2 unspecified atom stereocenters. The van der Waals surface area contributed by atoms with E-state index in [4.69, 9.17) is 9.47 Å². The molecule has 0 spiro atoms. The first kappa shape index (κ1) is 16.1. The van der Waals surface area contributed by atoms with Gasteiger partial charge in [0.15, 0.2) is 0 Å². The highest BCUT2D eigenvalue weighted by molar-refractivity contribution is 6.01. The molecule has 0 amide bonds. The highest BCUT2D eigenvalue weighted by atomic mass is 16.5. The van der Waals surface area contributed by atoms with Crippen LogP contribution < -0.4 is 10.2 Å². The van der Waals surface area contributed by atoms with Crippen molar-refractivity contribution in [1.29, 1.82) is 0 Å². The molecule has 110 valence electrons. The Bertz CT molecular complexity index is 523. The lowest BCUT2D eigenvalue weighted by Crippen LogP contribution is -2.32. The van der Waals surface area contributed by atoms with Crippen LogP contribution in [-0.4, -0.2) is 26.2 Å². The van der Waals surface area contributed by atoms with Crippen LogP contribution in [0, 0.1) is 0 Å². The second-order valence-corrected chi connectivity index (χ2v) is 4.32. The van der Waals surface area contributed by atoms with Crippen molar-refractivity contribution >= 4 is 11.9 Å². The largest absolute Gasteiger partial charge is 0.545 e. The van der Waals surface area contributed by atoms with E-state index in [0.29, 0.717) is 5.56 Å². The molecule has 0 saturated carbocycles. The summed E-state index contributed by atoms with van der Waals surface area (Å²) in [6, 6.07) is 2.67. The van der Waals surface area contributed by atoms with E-state index in [9.17, 15) is 19.8 Å². The molecule has 6 nitrogen and oxygen atoms in total. The first-order valence-electron chi connectivity index (χ1n) is 6.00. The molecule has 0 aliphatic carbocycles. The van der Waals surface area contributed by atoms with Gasteiger partial charge in [0.25, 0.3) is 0 Å². The average molecular weight is 280 g/mol. The predicted octanol–water partition coefficient (Wildman–Crippen LogP) is -0.172. The van der Waals surface area contributed by atoms with Gasteiger partial charge in [0.1, 0.15) is 0 Å². The van der Waals surface area contributed by atoms with E-state index >= 15 is 0 Å². The fourth-order valence-electron chi connectivity index (χ4n) is 2.06. The van der Waals surface area contributed by atoms with Crippen LogP contribution in [0.25, 0.3) is 0 Å². The quantitative estimate of drug-likeness (QED) is 0.717. The van der Waals surface area contributed by atoms with Crippen molar-refractivity contribution in [2.24, 2.45) is 0 Å². The zero-order chi connectivity index (χ0) is 15.4. The summed E-state index contributed by atoms with van der Waals surface area (Å²) >= 11 is 0. The van der Waals surface area contributed by atoms with E-state index in [1.165, 1.54) is 26.4 Å². The predicted molar refractivity (Wildman–Crippen MR) is 66.0 cm³/mol. The van der Waals surface area contributed by atoms with E-state index in [2.05, 4.69) is 0 Å². The lowest BCUT2D eigenvalue weighted by Gasteiger charge is -2.25. The van der Waals surface area contributed by atoms with E-state index in [0.717, 1.165) is 0 Å². The van der Waals surface area contributed by atoms with E-state index in [-0.39, 0.29) is 5.56 Å². The van der Waals surface area contributed by atoms with Crippen LogP contribution in [0.5, 0.6) is 0 Å². The molecule has 1 aromatic rings.